The first-order valence-corrected chi connectivity index (χ1v) is 7.47. The van der Waals surface area contributed by atoms with Gasteiger partial charge < -0.3 is 10.6 Å². The molecule has 1 fully saturated rings. The van der Waals surface area contributed by atoms with Crippen molar-refractivity contribution >= 4 is 23.0 Å². The number of ketones is 1. The summed E-state index contributed by atoms with van der Waals surface area (Å²) in [5.74, 6) is 0.131. The Morgan fingerprint density at radius 2 is 2.26 bits per heavy atom. The number of thiophene rings is 1. The summed E-state index contributed by atoms with van der Waals surface area (Å²) in [6, 6.07) is 3.66. The molecule has 1 aromatic heterocycles. The Hall–Kier alpha value is -1.20. The van der Waals surface area contributed by atoms with E-state index in [0.29, 0.717) is 19.4 Å². The van der Waals surface area contributed by atoms with Crippen LogP contribution < -0.4 is 5.73 Å². The monoisotopic (exact) mass is 280 g/mol. The van der Waals surface area contributed by atoms with Crippen LogP contribution in [-0.2, 0) is 4.79 Å². The van der Waals surface area contributed by atoms with Gasteiger partial charge in [0.15, 0.2) is 5.78 Å². The zero-order valence-electron chi connectivity index (χ0n) is 11.2. The molecular formula is C14H20N2O2S. The molecule has 2 rings (SSSR count). The molecule has 2 heterocycles. The van der Waals surface area contributed by atoms with Crippen molar-refractivity contribution in [3.63, 3.8) is 0 Å². The Bertz CT molecular complexity index is 458. The summed E-state index contributed by atoms with van der Waals surface area (Å²) in [4.78, 5) is 26.5. The van der Waals surface area contributed by atoms with Gasteiger partial charge in [0.2, 0.25) is 5.91 Å². The van der Waals surface area contributed by atoms with Crippen LogP contribution in [0, 0.1) is 5.41 Å². The first kappa shape index (κ1) is 14.2. The third-order valence-electron chi connectivity index (χ3n) is 3.77. The van der Waals surface area contributed by atoms with Crippen LogP contribution in [0.4, 0.5) is 0 Å². The molecule has 0 aliphatic carbocycles. The maximum Gasteiger partial charge on any atom is 0.223 e. The first-order valence-electron chi connectivity index (χ1n) is 6.59. The quantitative estimate of drug-likeness (QED) is 0.838. The number of amides is 1. The molecule has 5 heteroatoms. The molecule has 1 aliphatic heterocycles. The number of hydrogen-bond donors (Lipinski definition) is 1. The molecule has 4 nitrogen and oxygen atoms in total. The number of nitrogens with two attached hydrogens (primary N) is 1. The fourth-order valence-corrected chi connectivity index (χ4v) is 3.04. The second kappa shape index (κ2) is 5.84. The zero-order valence-corrected chi connectivity index (χ0v) is 12.0. The van der Waals surface area contributed by atoms with E-state index in [1.165, 1.54) is 11.3 Å². The van der Waals surface area contributed by atoms with Crippen LogP contribution in [-0.4, -0.2) is 36.2 Å². The molecule has 1 atom stereocenters. The SMILES string of the molecule is CC1(CN)CCN(C(=O)CCC(=O)c2cccs2)C1. The third kappa shape index (κ3) is 3.42. The average molecular weight is 280 g/mol. The number of nitrogens with zero attached hydrogens (tertiary/aromatic N) is 1. The number of hydrogen-bond acceptors (Lipinski definition) is 4. The highest BCUT2D eigenvalue weighted by Gasteiger charge is 2.34. The topological polar surface area (TPSA) is 63.4 Å². The maximum atomic E-state index is 12.1. The lowest BCUT2D eigenvalue weighted by Gasteiger charge is -2.22. The normalized spacial score (nSPS) is 22.7. The summed E-state index contributed by atoms with van der Waals surface area (Å²) in [5, 5.41) is 1.88. The van der Waals surface area contributed by atoms with E-state index in [-0.39, 0.29) is 17.1 Å². The Labute approximate surface area is 117 Å². The largest absolute Gasteiger partial charge is 0.342 e. The molecule has 0 saturated carbocycles. The molecule has 0 spiro atoms. The van der Waals surface area contributed by atoms with E-state index in [0.717, 1.165) is 24.4 Å². The molecule has 1 amide bonds. The molecule has 0 bridgehead atoms. The molecule has 1 unspecified atom stereocenters. The smallest absolute Gasteiger partial charge is 0.223 e. The van der Waals surface area contributed by atoms with Gasteiger partial charge >= 0.3 is 0 Å². The van der Waals surface area contributed by atoms with Crippen LogP contribution in [0.5, 0.6) is 0 Å². The van der Waals surface area contributed by atoms with Crippen molar-refractivity contribution in [2.75, 3.05) is 19.6 Å². The van der Waals surface area contributed by atoms with E-state index < -0.39 is 0 Å². The second-order valence-electron chi connectivity index (χ2n) is 5.48. The third-order valence-corrected chi connectivity index (χ3v) is 4.68. The van der Waals surface area contributed by atoms with Crippen LogP contribution in [0.15, 0.2) is 17.5 Å². The molecule has 0 radical (unpaired) electrons. The highest BCUT2D eigenvalue weighted by molar-refractivity contribution is 7.12. The van der Waals surface area contributed by atoms with Crippen molar-refractivity contribution in [1.82, 2.24) is 4.90 Å². The van der Waals surface area contributed by atoms with Gasteiger partial charge in [0.05, 0.1) is 4.88 Å². The van der Waals surface area contributed by atoms with Gasteiger partial charge in [-0.1, -0.05) is 13.0 Å². The molecular weight excluding hydrogens is 260 g/mol. The van der Waals surface area contributed by atoms with Gasteiger partial charge in [-0.05, 0) is 29.8 Å². The minimum absolute atomic E-state index is 0.0490. The molecule has 19 heavy (non-hydrogen) atoms. The van der Waals surface area contributed by atoms with Crippen molar-refractivity contribution in [3.8, 4) is 0 Å². The van der Waals surface area contributed by atoms with Crippen LogP contribution in [0.3, 0.4) is 0 Å². The van der Waals surface area contributed by atoms with E-state index in [1.54, 1.807) is 6.07 Å². The second-order valence-corrected chi connectivity index (χ2v) is 6.43. The van der Waals surface area contributed by atoms with Crippen LogP contribution >= 0.6 is 11.3 Å². The summed E-state index contributed by atoms with van der Waals surface area (Å²) in [5.41, 5.74) is 5.78. The van der Waals surface area contributed by atoms with E-state index in [1.807, 2.05) is 16.3 Å². The van der Waals surface area contributed by atoms with E-state index in [9.17, 15) is 9.59 Å². The Morgan fingerprint density at radius 1 is 1.47 bits per heavy atom. The summed E-state index contributed by atoms with van der Waals surface area (Å²) < 4.78 is 0. The van der Waals surface area contributed by atoms with E-state index in [2.05, 4.69) is 6.92 Å². The number of carbonyl (C=O) groups is 2. The Kier molecular flexibility index (Phi) is 4.37. The Balaban J connectivity index is 1.81. The molecule has 0 aromatic carbocycles. The standard InChI is InChI=1S/C14H20N2O2S/c1-14(9-15)6-7-16(10-14)13(18)5-4-11(17)12-3-2-8-19-12/h2-3,8H,4-7,9-10,15H2,1H3. The van der Waals surface area contributed by atoms with Gasteiger partial charge in [0, 0.05) is 25.9 Å². The first-order chi connectivity index (χ1) is 9.04. The number of Topliss-reactive ketones (excluding diaryl/α,β-unsaturated/α-hetero) is 1. The zero-order chi connectivity index (χ0) is 13.9. The maximum absolute atomic E-state index is 12.1. The van der Waals surface area contributed by atoms with Gasteiger partial charge in [0.25, 0.3) is 0 Å². The highest BCUT2D eigenvalue weighted by atomic mass is 32.1. The lowest BCUT2D eigenvalue weighted by Crippen LogP contribution is -2.34. The Morgan fingerprint density at radius 3 is 2.84 bits per heavy atom. The number of carbonyl (C=O) groups excluding carboxylic acids is 2. The number of likely N-dealkylation sites (tertiary alicyclic amines) is 1. The van der Waals surface area contributed by atoms with Crippen molar-refractivity contribution in [1.29, 1.82) is 0 Å². The molecule has 2 N–H and O–H groups in total. The van der Waals surface area contributed by atoms with Crippen LogP contribution in [0.25, 0.3) is 0 Å². The predicted molar refractivity (Wildman–Crippen MR) is 76.2 cm³/mol. The van der Waals surface area contributed by atoms with Crippen molar-refractivity contribution < 1.29 is 9.59 Å². The van der Waals surface area contributed by atoms with Gasteiger partial charge in [-0.2, -0.15) is 0 Å². The van der Waals surface area contributed by atoms with Crippen molar-refractivity contribution in [2.24, 2.45) is 11.1 Å². The van der Waals surface area contributed by atoms with Gasteiger partial charge in [-0.3, -0.25) is 9.59 Å². The molecule has 1 saturated heterocycles. The average Bonchev–Trinajstić information content (AvgIpc) is 3.05. The van der Waals surface area contributed by atoms with E-state index in [4.69, 9.17) is 5.73 Å². The molecule has 104 valence electrons. The molecule has 1 aliphatic rings. The molecule has 1 aromatic rings. The van der Waals surface area contributed by atoms with Crippen molar-refractivity contribution in [2.45, 2.75) is 26.2 Å². The number of rotatable bonds is 5. The van der Waals surface area contributed by atoms with Crippen LogP contribution in [0.1, 0.15) is 35.9 Å². The summed E-state index contributed by atoms with van der Waals surface area (Å²) in [7, 11) is 0. The fourth-order valence-electron chi connectivity index (χ4n) is 2.34. The predicted octanol–water partition coefficient (Wildman–Crippen LogP) is 1.91. The summed E-state index contributed by atoms with van der Waals surface area (Å²) >= 11 is 1.43. The summed E-state index contributed by atoms with van der Waals surface area (Å²) in [6.45, 7) is 4.19. The minimum Gasteiger partial charge on any atom is -0.342 e. The van der Waals surface area contributed by atoms with E-state index >= 15 is 0 Å². The lowest BCUT2D eigenvalue weighted by molar-refractivity contribution is -0.130. The lowest BCUT2D eigenvalue weighted by atomic mass is 9.90. The van der Waals surface area contributed by atoms with Gasteiger partial charge in [-0.15, -0.1) is 11.3 Å². The highest BCUT2D eigenvalue weighted by Crippen LogP contribution is 2.29. The van der Waals surface area contributed by atoms with Crippen LogP contribution in [0.2, 0.25) is 0 Å². The van der Waals surface area contributed by atoms with Crippen molar-refractivity contribution in [3.05, 3.63) is 22.4 Å². The fraction of sp³-hybridized carbons (Fsp3) is 0.571. The minimum atomic E-state index is 0.0490. The van der Waals surface area contributed by atoms with Gasteiger partial charge in [0.1, 0.15) is 0 Å². The summed E-state index contributed by atoms with van der Waals surface area (Å²) in [6.07, 6.45) is 1.56. The van der Waals surface area contributed by atoms with Gasteiger partial charge in [-0.25, -0.2) is 0 Å².